The second kappa shape index (κ2) is 4.38. The molecule has 0 unspecified atom stereocenters. The van der Waals surface area contributed by atoms with Gasteiger partial charge in [0, 0.05) is 11.9 Å². The third kappa shape index (κ3) is 3.09. The molecule has 6 heteroatoms. The smallest absolute Gasteiger partial charge is 0.167 e. The number of rotatable bonds is 3. The van der Waals surface area contributed by atoms with Crippen molar-refractivity contribution in [1.29, 1.82) is 0 Å². The van der Waals surface area contributed by atoms with Crippen molar-refractivity contribution in [2.45, 2.75) is 10.8 Å². The first kappa shape index (κ1) is 12.3. The second-order valence-electron chi connectivity index (χ2n) is 3.29. The van der Waals surface area contributed by atoms with Gasteiger partial charge in [-0.25, -0.2) is 8.42 Å². The van der Waals surface area contributed by atoms with Gasteiger partial charge in [-0.05, 0) is 17.7 Å². The van der Waals surface area contributed by atoms with Crippen LogP contribution in [0.2, 0.25) is 0 Å². The summed E-state index contributed by atoms with van der Waals surface area (Å²) in [5.74, 6) is 0. The molecule has 1 rings (SSSR count). The molecule has 0 fully saturated rings. The maximum atomic E-state index is 11.1. The lowest BCUT2D eigenvalue weighted by atomic mass is 10.1. The number of anilines is 1. The number of sulfone groups is 1. The fourth-order valence-corrected chi connectivity index (χ4v) is 1.85. The van der Waals surface area contributed by atoms with E-state index in [0.29, 0.717) is 11.3 Å². The molecule has 2 atom stereocenters. The van der Waals surface area contributed by atoms with Crippen LogP contribution in [0.25, 0.3) is 0 Å². The maximum absolute atomic E-state index is 11.1. The molecule has 84 valence electrons. The minimum absolute atomic E-state index is 0.426. The SMILES string of the molecule is CS(=O)(=O)[C@H](Cl)[C@H](O)c1ccc(N)cc1. The van der Waals surface area contributed by atoms with Crippen LogP contribution in [0.15, 0.2) is 24.3 Å². The van der Waals surface area contributed by atoms with E-state index in [0.717, 1.165) is 6.26 Å². The van der Waals surface area contributed by atoms with E-state index in [-0.39, 0.29) is 0 Å². The monoisotopic (exact) mass is 249 g/mol. The first-order chi connectivity index (χ1) is 6.82. The first-order valence-electron chi connectivity index (χ1n) is 4.19. The van der Waals surface area contributed by atoms with Gasteiger partial charge in [-0.3, -0.25) is 0 Å². The summed E-state index contributed by atoms with van der Waals surface area (Å²) in [6, 6.07) is 6.23. The molecule has 0 radical (unpaired) electrons. The Morgan fingerprint density at radius 3 is 2.20 bits per heavy atom. The molecule has 0 spiro atoms. The second-order valence-corrected chi connectivity index (χ2v) is 6.19. The number of aliphatic hydroxyl groups is 1. The van der Waals surface area contributed by atoms with Crippen LogP contribution in [0.4, 0.5) is 5.69 Å². The molecule has 0 saturated heterocycles. The molecule has 0 amide bonds. The highest BCUT2D eigenvalue weighted by Crippen LogP contribution is 2.25. The average molecular weight is 250 g/mol. The van der Waals surface area contributed by atoms with Crippen LogP contribution in [-0.4, -0.2) is 24.5 Å². The molecule has 1 aromatic rings. The Labute approximate surface area is 93.6 Å². The lowest BCUT2D eigenvalue weighted by Gasteiger charge is -2.15. The Bertz CT molecular complexity index is 429. The maximum Gasteiger partial charge on any atom is 0.167 e. The minimum atomic E-state index is -3.48. The summed E-state index contributed by atoms with van der Waals surface area (Å²) in [6.07, 6.45) is -0.271. The number of halogens is 1. The largest absolute Gasteiger partial charge is 0.399 e. The molecule has 0 saturated carbocycles. The van der Waals surface area contributed by atoms with Gasteiger partial charge in [0.15, 0.2) is 14.5 Å². The van der Waals surface area contributed by atoms with Crippen LogP contribution in [0.1, 0.15) is 11.7 Å². The van der Waals surface area contributed by atoms with Crippen LogP contribution in [0, 0.1) is 0 Å². The Morgan fingerprint density at radius 1 is 1.33 bits per heavy atom. The lowest BCUT2D eigenvalue weighted by molar-refractivity contribution is 0.192. The fourth-order valence-electron chi connectivity index (χ4n) is 1.08. The predicted molar refractivity (Wildman–Crippen MR) is 60.3 cm³/mol. The third-order valence-corrected chi connectivity index (χ3v) is 4.22. The van der Waals surface area contributed by atoms with Gasteiger partial charge in [0.1, 0.15) is 6.10 Å². The quantitative estimate of drug-likeness (QED) is 0.616. The van der Waals surface area contributed by atoms with Crippen molar-refractivity contribution >= 4 is 27.1 Å². The number of nitrogens with two attached hydrogens (primary N) is 1. The summed E-state index contributed by atoms with van der Waals surface area (Å²) < 4.78 is 20.8. The van der Waals surface area contributed by atoms with E-state index < -0.39 is 20.7 Å². The van der Waals surface area contributed by atoms with Crippen molar-refractivity contribution in [2.24, 2.45) is 0 Å². The molecule has 1 aromatic carbocycles. The predicted octanol–water partition coefficient (Wildman–Crippen LogP) is 0.912. The molecule has 0 aliphatic heterocycles. The summed E-state index contributed by atoms with van der Waals surface area (Å²) in [7, 11) is -3.48. The van der Waals surface area contributed by atoms with Crippen molar-refractivity contribution in [3.05, 3.63) is 29.8 Å². The number of alkyl halides is 1. The van der Waals surface area contributed by atoms with Gasteiger partial charge in [-0.2, -0.15) is 0 Å². The van der Waals surface area contributed by atoms with E-state index in [9.17, 15) is 13.5 Å². The van der Waals surface area contributed by atoms with Crippen LogP contribution in [0.3, 0.4) is 0 Å². The fraction of sp³-hybridized carbons (Fsp3) is 0.333. The van der Waals surface area contributed by atoms with Gasteiger partial charge in [0.05, 0.1) is 0 Å². The molecule has 0 aromatic heterocycles. The van der Waals surface area contributed by atoms with Crippen molar-refractivity contribution in [3.8, 4) is 0 Å². The van der Waals surface area contributed by atoms with Crippen molar-refractivity contribution < 1.29 is 13.5 Å². The van der Waals surface area contributed by atoms with Crippen LogP contribution < -0.4 is 5.73 Å². The minimum Gasteiger partial charge on any atom is -0.399 e. The number of hydrogen-bond donors (Lipinski definition) is 2. The summed E-state index contributed by atoms with van der Waals surface area (Å²) in [5, 5.41) is 9.66. The summed E-state index contributed by atoms with van der Waals surface area (Å²) in [5.41, 5.74) is 6.42. The van der Waals surface area contributed by atoms with Crippen molar-refractivity contribution in [3.63, 3.8) is 0 Å². The number of aliphatic hydroxyl groups excluding tert-OH is 1. The Kier molecular flexibility index (Phi) is 3.59. The lowest BCUT2D eigenvalue weighted by Crippen LogP contribution is -2.21. The van der Waals surface area contributed by atoms with E-state index in [4.69, 9.17) is 17.3 Å². The third-order valence-electron chi connectivity index (χ3n) is 1.94. The van der Waals surface area contributed by atoms with Gasteiger partial charge < -0.3 is 10.8 Å². The van der Waals surface area contributed by atoms with E-state index in [2.05, 4.69) is 0 Å². The number of hydrogen-bond acceptors (Lipinski definition) is 4. The standard InChI is InChI=1S/C9H12ClNO3S/c1-15(13,14)9(10)8(12)6-2-4-7(11)5-3-6/h2-5,8-9,12H,11H2,1H3/t8-,9+/m1/s1. The summed E-state index contributed by atoms with van der Waals surface area (Å²) >= 11 is 5.61. The summed E-state index contributed by atoms with van der Waals surface area (Å²) in [4.78, 5) is 0. The van der Waals surface area contributed by atoms with Gasteiger partial charge in [-0.15, -0.1) is 11.6 Å². The topological polar surface area (TPSA) is 80.4 Å². The molecule has 15 heavy (non-hydrogen) atoms. The number of nitrogen functional groups attached to an aromatic ring is 1. The van der Waals surface area contributed by atoms with E-state index in [1.54, 1.807) is 24.3 Å². The van der Waals surface area contributed by atoms with Gasteiger partial charge >= 0.3 is 0 Å². The highest BCUT2D eigenvalue weighted by atomic mass is 35.5. The highest BCUT2D eigenvalue weighted by Gasteiger charge is 2.27. The molecule has 0 aliphatic rings. The zero-order valence-electron chi connectivity index (χ0n) is 8.09. The molecular formula is C9H12ClNO3S. The van der Waals surface area contributed by atoms with Crippen LogP contribution in [0.5, 0.6) is 0 Å². The Balaban J connectivity index is 2.95. The first-order valence-corrected chi connectivity index (χ1v) is 6.58. The van der Waals surface area contributed by atoms with Gasteiger partial charge in [-0.1, -0.05) is 12.1 Å². The summed E-state index contributed by atoms with van der Waals surface area (Å²) in [6.45, 7) is 0. The van der Waals surface area contributed by atoms with Crippen molar-refractivity contribution in [2.75, 3.05) is 12.0 Å². The Hall–Kier alpha value is -0.780. The molecular weight excluding hydrogens is 238 g/mol. The molecule has 4 nitrogen and oxygen atoms in total. The molecule has 0 heterocycles. The zero-order valence-corrected chi connectivity index (χ0v) is 9.66. The van der Waals surface area contributed by atoms with Gasteiger partial charge in [0.25, 0.3) is 0 Å². The normalized spacial score (nSPS) is 15.9. The molecule has 3 N–H and O–H groups in total. The van der Waals surface area contributed by atoms with Gasteiger partial charge in [0.2, 0.25) is 0 Å². The van der Waals surface area contributed by atoms with Crippen LogP contribution >= 0.6 is 11.6 Å². The highest BCUT2D eigenvalue weighted by molar-refractivity contribution is 7.92. The van der Waals surface area contributed by atoms with Crippen molar-refractivity contribution in [1.82, 2.24) is 0 Å². The molecule has 0 aliphatic carbocycles. The Morgan fingerprint density at radius 2 is 1.80 bits per heavy atom. The van der Waals surface area contributed by atoms with E-state index in [1.807, 2.05) is 0 Å². The number of benzene rings is 1. The van der Waals surface area contributed by atoms with Crippen LogP contribution in [-0.2, 0) is 9.84 Å². The molecule has 0 bridgehead atoms. The zero-order chi connectivity index (χ0) is 11.6. The average Bonchev–Trinajstić information content (AvgIpc) is 2.15. The van der Waals surface area contributed by atoms with E-state index >= 15 is 0 Å². The van der Waals surface area contributed by atoms with E-state index in [1.165, 1.54) is 0 Å².